The molecule has 2 aromatic heterocycles. The standard InChI is InChI=1S/C22H27FN6O2S2/c1-33(24,30)29-8-6-27(7-9-29)14-17-15-32-21-19(16-2-4-18(23)5-3-16)25-22(26-20(17)21)28-10-12-31-13-11-28/h2-5,15,24H,6-14H2,1H3. The van der Waals surface area contributed by atoms with E-state index in [0.29, 0.717) is 32.3 Å². The predicted molar refractivity (Wildman–Crippen MR) is 129 cm³/mol. The summed E-state index contributed by atoms with van der Waals surface area (Å²) in [7, 11) is -2.66. The number of thiophene rings is 1. The summed E-state index contributed by atoms with van der Waals surface area (Å²) < 4.78 is 41.7. The Kier molecular flexibility index (Phi) is 6.32. The summed E-state index contributed by atoms with van der Waals surface area (Å²) >= 11 is 1.61. The van der Waals surface area contributed by atoms with Crippen molar-refractivity contribution in [3.63, 3.8) is 0 Å². The highest BCUT2D eigenvalue weighted by molar-refractivity contribution is 7.89. The summed E-state index contributed by atoms with van der Waals surface area (Å²) in [5.41, 5.74) is 3.75. The van der Waals surface area contributed by atoms with Crippen molar-refractivity contribution >= 4 is 37.4 Å². The molecule has 1 aromatic carbocycles. The summed E-state index contributed by atoms with van der Waals surface area (Å²) in [5.74, 6) is 0.404. The van der Waals surface area contributed by atoms with E-state index >= 15 is 0 Å². The summed E-state index contributed by atoms with van der Waals surface area (Å²) in [6, 6.07) is 6.46. The molecular weight excluding hydrogens is 463 g/mol. The zero-order chi connectivity index (χ0) is 23.0. The van der Waals surface area contributed by atoms with E-state index in [1.165, 1.54) is 18.4 Å². The third kappa shape index (κ3) is 4.87. The lowest BCUT2D eigenvalue weighted by atomic mass is 10.1. The first-order valence-corrected chi connectivity index (χ1v) is 13.8. The zero-order valence-corrected chi connectivity index (χ0v) is 20.1. The van der Waals surface area contributed by atoms with Gasteiger partial charge in [-0.1, -0.05) is 0 Å². The maximum Gasteiger partial charge on any atom is 0.226 e. The quantitative estimate of drug-likeness (QED) is 0.592. The number of morpholine rings is 1. The molecule has 5 rings (SSSR count). The molecule has 3 aromatic rings. The minimum Gasteiger partial charge on any atom is -0.378 e. The van der Waals surface area contributed by atoms with Gasteiger partial charge in [-0.3, -0.25) is 4.90 Å². The molecule has 176 valence electrons. The van der Waals surface area contributed by atoms with Crippen molar-refractivity contribution in [1.29, 1.82) is 4.78 Å². The van der Waals surface area contributed by atoms with Crippen LogP contribution in [-0.2, 0) is 21.2 Å². The molecule has 0 amide bonds. The minimum absolute atomic E-state index is 0.271. The molecule has 0 spiro atoms. The molecular formula is C22H27FN6O2S2. The lowest BCUT2D eigenvalue weighted by Crippen LogP contribution is -2.47. The van der Waals surface area contributed by atoms with Gasteiger partial charge in [0.25, 0.3) is 0 Å². The Morgan fingerprint density at radius 1 is 1.09 bits per heavy atom. The lowest BCUT2D eigenvalue weighted by molar-refractivity contribution is 0.122. The van der Waals surface area contributed by atoms with E-state index in [2.05, 4.69) is 15.2 Å². The van der Waals surface area contributed by atoms with Crippen molar-refractivity contribution in [3.8, 4) is 11.3 Å². The minimum atomic E-state index is -2.66. The number of rotatable bonds is 5. The number of benzene rings is 1. The molecule has 1 atom stereocenters. The van der Waals surface area contributed by atoms with E-state index < -0.39 is 9.92 Å². The monoisotopic (exact) mass is 490 g/mol. The number of aromatic nitrogens is 2. The molecule has 2 saturated heterocycles. The maximum atomic E-state index is 13.6. The van der Waals surface area contributed by atoms with Crippen molar-refractivity contribution in [1.82, 2.24) is 19.2 Å². The lowest BCUT2D eigenvalue weighted by Gasteiger charge is -2.34. The van der Waals surface area contributed by atoms with Crippen LogP contribution in [0, 0.1) is 10.6 Å². The molecule has 2 fully saturated rings. The van der Waals surface area contributed by atoms with Crippen molar-refractivity contribution in [2.45, 2.75) is 6.54 Å². The number of fused-ring (bicyclic) bond motifs is 1. The Balaban J connectivity index is 1.48. The number of halogens is 1. The van der Waals surface area contributed by atoms with E-state index in [1.54, 1.807) is 27.8 Å². The second kappa shape index (κ2) is 9.22. The number of anilines is 1. The van der Waals surface area contributed by atoms with E-state index in [9.17, 15) is 8.60 Å². The molecule has 1 N–H and O–H groups in total. The smallest absolute Gasteiger partial charge is 0.226 e. The SMILES string of the molecule is CS(=N)(=O)N1CCN(Cc2csc3c(-c4ccc(F)cc4)nc(N4CCOCC4)nc23)CC1. The van der Waals surface area contributed by atoms with Gasteiger partial charge in [0.2, 0.25) is 5.95 Å². The van der Waals surface area contributed by atoms with Crippen LogP contribution in [0.4, 0.5) is 10.3 Å². The maximum absolute atomic E-state index is 13.6. The van der Waals surface area contributed by atoms with Crippen LogP contribution in [-0.4, -0.2) is 82.1 Å². The van der Waals surface area contributed by atoms with Gasteiger partial charge in [-0.25, -0.2) is 27.7 Å². The van der Waals surface area contributed by atoms with Crippen LogP contribution in [0.15, 0.2) is 29.6 Å². The van der Waals surface area contributed by atoms with Crippen LogP contribution >= 0.6 is 11.3 Å². The number of piperazine rings is 1. The van der Waals surface area contributed by atoms with Gasteiger partial charge in [0.15, 0.2) is 0 Å². The topological polar surface area (TPSA) is 85.7 Å². The van der Waals surface area contributed by atoms with Gasteiger partial charge >= 0.3 is 0 Å². The van der Waals surface area contributed by atoms with Crippen LogP contribution in [0.25, 0.3) is 21.5 Å². The van der Waals surface area contributed by atoms with Crippen LogP contribution in [0.2, 0.25) is 0 Å². The van der Waals surface area contributed by atoms with E-state index in [1.807, 2.05) is 0 Å². The van der Waals surface area contributed by atoms with Gasteiger partial charge < -0.3 is 9.64 Å². The van der Waals surface area contributed by atoms with Crippen molar-refractivity contribution < 1.29 is 13.3 Å². The zero-order valence-electron chi connectivity index (χ0n) is 18.5. The van der Waals surface area contributed by atoms with Gasteiger partial charge in [-0.05, 0) is 29.6 Å². The van der Waals surface area contributed by atoms with Crippen molar-refractivity contribution in [3.05, 3.63) is 41.0 Å². The van der Waals surface area contributed by atoms with Crippen molar-refractivity contribution in [2.75, 3.05) is 63.6 Å². The largest absolute Gasteiger partial charge is 0.378 e. The average molecular weight is 491 g/mol. The first-order valence-electron chi connectivity index (χ1n) is 11.0. The van der Waals surface area contributed by atoms with Crippen LogP contribution in [0.3, 0.4) is 0 Å². The highest BCUT2D eigenvalue weighted by atomic mass is 32.2. The highest BCUT2D eigenvalue weighted by Crippen LogP contribution is 2.35. The molecule has 1 unspecified atom stereocenters. The fourth-order valence-corrected chi connectivity index (χ4v) is 6.12. The van der Waals surface area contributed by atoms with E-state index in [4.69, 9.17) is 19.5 Å². The average Bonchev–Trinajstić information content (AvgIpc) is 3.22. The molecule has 0 radical (unpaired) electrons. The van der Waals surface area contributed by atoms with Crippen LogP contribution in [0.5, 0.6) is 0 Å². The predicted octanol–water partition coefficient (Wildman–Crippen LogP) is 3.04. The Morgan fingerprint density at radius 2 is 1.79 bits per heavy atom. The Bertz CT molecular complexity index is 1230. The third-order valence-electron chi connectivity index (χ3n) is 6.11. The molecule has 0 bridgehead atoms. The second-order valence-electron chi connectivity index (χ2n) is 8.42. The number of nitrogens with zero attached hydrogens (tertiary/aromatic N) is 5. The molecule has 8 nitrogen and oxygen atoms in total. The molecule has 2 aliphatic rings. The summed E-state index contributed by atoms with van der Waals surface area (Å²) in [4.78, 5) is 14.3. The second-order valence-corrected chi connectivity index (χ2v) is 11.4. The summed E-state index contributed by atoms with van der Waals surface area (Å²) in [5, 5.41) is 2.13. The molecule has 4 heterocycles. The van der Waals surface area contributed by atoms with Gasteiger partial charge in [0.05, 0.1) is 29.1 Å². The molecule has 2 aliphatic heterocycles. The molecule has 0 aliphatic carbocycles. The fourth-order valence-electron chi connectivity index (χ4n) is 4.25. The Labute approximate surface area is 197 Å². The van der Waals surface area contributed by atoms with Gasteiger partial charge in [-0.2, -0.15) is 0 Å². The fraction of sp³-hybridized carbons (Fsp3) is 0.455. The molecule has 11 heteroatoms. The number of ether oxygens (including phenoxy) is 1. The van der Waals surface area contributed by atoms with Gasteiger partial charge in [0, 0.05) is 63.2 Å². The molecule has 33 heavy (non-hydrogen) atoms. The van der Waals surface area contributed by atoms with E-state index in [0.717, 1.165) is 59.8 Å². The van der Waals surface area contributed by atoms with Gasteiger partial charge in [-0.15, -0.1) is 11.3 Å². The Hall–Kier alpha value is -2.18. The number of hydrogen-bond donors (Lipinski definition) is 1. The normalized spacial score (nSPS) is 20.2. The third-order valence-corrected chi connectivity index (χ3v) is 8.48. The Morgan fingerprint density at radius 3 is 2.45 bits per heavy atom. The van der Waals surface area contributed by atoms with Crippen molar-refractivity contribution in [2.24, 2.45) is 0 Å². The first kappa shape index (κ1) is 22.6. The number of hydrogen-bond acceptors (Lipinski definition) is 8. The highest BCUT2D eigenvalue weighted by Gasteiger charge is 2.24. The van der Waals surface area contributed by atoms with E-state index in [-0.39, 0.29) is 5.82 Å². The first-order chi connectivity index (χ1) is 15.9. The van der Waals surface area contributed by atoms with Gasteiger partial charge in [0.1, 0.15) is 15.7 Å². The van der Waals surface area contributed by atoms with Crippen LogP contribution in [0.1, 0.15) is 5.56 Å². The number of nitrogens with one attached hydrogen (secondary N) is 1. The molecule has 0 saturated carbocycles. The summed E-state index contributed by atoms with van der Waals surface area (Å²) in [6.07, 6.45) is 1.48. The summed E-state index contributed by atoms with van der Waals surface area (Å²) in [6.45, 7) is 6.25. The van der Waals surface area contributed by atoms with Crippen LogP contribution < -0.4 is 4.90 Å².